The molecule has 0 bridgehead atoms. The molecular formula is C15H20ClNO. The third kappa shape index (κ3) is 1.65. The summed E-state index contributed by atoms with van der Waals surface area (Å²) in [6, 6.07) is 0. The fourth-order valence-electron chi connectivity index (χ4n) is 3.90. The molecule has 1 aromatic rings. The third-order valence-corrected chi connectivity index (χ3v) is 5.58. The Kier molecular flexibility index (Phi) is 2.52. The smallest absolute Gasteiger partial charge is 0.144 e. The molecule has 3 aliphatic carbocycles. The molecule has 0 amide bonds. The van der Waals surface area contributed by atoms with E-state index in [2.05, 4.69) is 5.16 Å². The van der Waals surface area contributed by atoms with Gasteiger partial charge in [0.05, 0.1) is 11.6 Å². The first kappa shape index (κ1) is 11.3. The maximum absolute atomic E-state index is 6.18. The van der Waals surface area contributed by atoms with Gasteiger partial charge in [-0.1, -0.05) is 18.0 Å². The number of hydrogen-bond donors (Lipinski definition) is 0. The maximum Gasteiger partial charge on any atom is 0.144 e. The summed E-state index contributed by atoms with van der Waals surface area (Å²) in [6.07, 6.45) is 10.7. The van der Waals surface area contributed by atoms with E-state index in [9.17, 15) is 0 Å². The molecule has 1 heterocycles. The summed E-state index contributed by atoms with van der Waals surface area (Å²) in [5.74, 6) is 2.95. The minimum atomic E-state index is 0.580. The number of halogens is 1. The summed E-state index contributed by atoms with van der Waals surface area (Å²) < 4.78 is 5.65. The van der Waals surface area contributed by atoms with Gasteiger partial charge < -0.3 is 4.52 Å². The van der Waals surface area contributed by atoms with Gasteiger partial charge in [0.25, 0.3) is 0 Å². The fourth-order valence-corrected chi connectivity index (χ4v) is 4.17. The Balaban J connectivity index is 1.70. The van der Waals surface area contributed by atoms with E-state index in [4.69, 9.17) is 16.1 Å². The van der Waals surface area contributed by atoms with Gasteiger partial charge in [-0.3, -0.25) is 0 Å². The zero-order valence-corrected chi connectivity index (χ0v) is 11.5. The molecule has 1 unspecified atom stereocenters. The quantitative estimate of drug-likeness (QED) is 0.739. The van der Waals surface area contributed by atoms with E-state index < -0.39 is 0 Å². The van der Waals surface area contributed by atoms with Crippen molar-refractivity contribution in [3.63, 3.8) is 0 Å². The molecule has 18 heavy (non-hydrogen) atoms. The molecular weight excluding hydrogens is 246 g/mol. The van der Waals surface area contributed by atoms with Crippen LogP contribution in [0.25, 0.3) is 0 Å². The molecule has 1 spiro atoms. The van der Waals surface area contributed by atoms with Gasteiger partial charge in [-0.15, -0.1) is 11.6 Å². The van der Waals surface area contributed by atoms with Gasteiger partial charge in [-0.25, -0.2) is 0 Å². The Morgan fingerprint density at radius 3 is 2.67 bits per heavy atom. The lowest BCUT2D eigenvalue weighted by atomic mass is 9.74. The van der Waals surface area contributed by atoms with Gasteiger partial charge in [0.2, 0.25) is 0 Å². The fraction of sp³-hybridized carbons (Fsp3) is 0.800. The molecule has 0 N–H and O–H groups in total. The zero-order chi connectivity index (χ0) is 12.2. The Hall–Kier alpha value is -0.500. The van der Waals surface area contributed by atoms with Gasteiger partial charge in [-0.05, 0) is 43.9 Å². The Labute approximate surface area is 113 Å². The van der Waals surface area contributed by atoms with Crippen molar-refractivity contribution in [2.75, 3.05) is 0 Å². The predicted octanol–water partition coefficient (Wildman–Crippen LogP) is 4.73. The molecule has 0 aromatic carbocycles. The van der Waals surface area contributed by atoms with E-state index in [1.807, 2.05) is 0 Å². The van der Waals surface area contributed by atoms with Gasteiger partial charge >= 0.3 is 0 Å². The molecule has 3 saturated carbocycles. The average Bonchev–Trinajstić information content (AvgIpc) is 3.31. The topological polar surface area (TPSA) is 26.0 Å². The van der Waals surface area contributed by atoms with Crippen LogP contribution in [0.5, 0.6) is 0 Å². The van der Waals surface area contributed by atoms with Crippen molar-refractivity contribution in [1.82, 2.24) is 5.16 Å². The minimum Gasteiger partial charge on any atom is -0.360 e. The van der Waals surface area contributed by atoms with Crippen molar-refractivity contribution >= 4 is 11.6 Å². The van der Waals surface area contributed by atoms with E-state index in [-0.39, 0.29) is 0 Å². The molecule has 2 nitrogen and oxygen atoms in total. The normalized spacial score (nSPS) is 29.7. The van der Waals surface area contributed by atoms with Crippen LogP contribution in [0.2, 0.25) is 0 Å². The second kappa shape index (κ2) is 4.00. The van der Waals surface area contributed by atoms with Crippen molar-refractivity contribution in [3.05, 3.63) is 17.0 Å². The van der Waals surface area contributed by atoms with E-state index in [0.29, 0.717) is 23.1 Å². The Bertz CT molecular complexity index is 459. The van der Waals surface area contributed by atoms with E-state index in [1.165, 1.54) is 62.6 Å². The number of nitrogens with zero attached hydrogens (tertiary/aromatic N) is 1. The van der Waals surface area contributed by atoms with Crippen molar-refractivity contribution < 1.29 is 4.52 Å². The number of rotatable bonds is 3. The van der Waals surface area contributed by atoms with Crippen LogP contribution in [0.4, 0.5) is 0 Å². The van der Waals surface area contributed by atoms with Gasteiger partial charge in [0.1, 0.15) is 5.76 Å². The van der Waals surface area contributed by atoms with Crippen LogP contribution in [0, 0.1) is 5.41 Å². The molecule has 0 aliphatic heterocycles. The van der Waals surface area contributed by atoms with Crippen molar-refractivity contribution in [3.8, 4) is 0 Å². The van der Waals surface area contributed by atoms with Crippen LogP contribution in [-0.2, 0) is 5.88 Å². The average molecular weight is 266 g/mol. The molecule has 3 heteroatoms. The maximum atomic E-state index is 6.18. The molecule has 0 radical (unpaired) electrons. The highest BCUT2D eigenvalue weighted by Gasteiger charge is 2.52. The molecule has 0 saturated heterocycles. The highest BCUT2D eigenvalue weighted by Crippen LogP contribution is 2.63. The standard InChI is InChI=1S/C15H20ClNO/c16-9-11-13(17-18-14(11)10-4-5-10)12-3-1-2-6-15(12)7-8-15/h10,12H,1-9H2. The Morgan fingerprint density at radius 2 is 2.00 bits per heavy atom. The van der Waals surface area contributed by atoms with Crippen LogP contribution in [0.15, 0.2) is 4.52 Å². The molecule has 3 aliphatic rings. The number of alkyl halides is 1. The van der Waals surface area contributed by atoms with E-state index in [0.717, 1.165) is 5.76 Å². The molecule has 3 fully saturated rings. The summed E-state index contributed by atoms with van der Waals surface area (Å²) in [4.78, 5) is 0. The molecule has 98 valence electrons. The second-order valence-electron chi connectivity index (χ2n) is 6.48. The van der Waals surface area contributed by atoms with E-state index >= 15 is 0 Å². The van der Waals surface area contributed by atoms with Crippen LogP contribution >= 0.6 is 11.6 Å². The molecule has 1 atom stereocenters. The first-order chi connectivity index (χ1) is 8.84. The number of hydrogen-bond acceptors (Lipinski definition) is 2. The lowest BCUT2D eigenvalue weighted by Gasteiger charge is -2.30. The first-order valence-corrected chi connectivity index (χ1v) is 7.92. The van der Waals surface area contributed by atoms with Crippen LogP contribution in [0.1, 0.15) is 80.2 Å². The molecule has 1 aromatic heterocycles. The monoisotopic (exact) mass is 265 g/mol. The van der Waals surface area contributed by atoms with Gasteiger partial charge in [0, 0.05) is 17.4 Å². The summed E-state index contributed by atoms with van der Waals surface area (Å²) in [7, 11) is 0. The largest absolute Gasteiger partial charge is 0.360 e. The summed E-state index contributed by atoms with van der Waals surface area (Å²) in [5, 5.41) is 4.45. The zero-order valence-electron chi connectivity index (χ0n) is 10.8. The van der Waals surface area contributed by atoms with Crippen LogP contribution in [-0.4, -0.2) is 5.16 Å². The predicted molar refractivity (Wildman–Crippen MR) is 70.9 cm³/mol. The van der Waals surface area contributed by atoms with E-state index in [1.54, 1.807) is 0 Å². The van der Waals surface area contributed by atoms with Gasteiger partial charge in [-0.2, -0.15) is 0 Å². The van der Waals surface area contributed by atoms with Crippen molar-refractivity contribution in [1.29, 1.82) is 0 Å². The minimum absolute atomic E-state index is 0.580. The summed E-state index contributed by atoms with van der Waals surface area (Å²) >= 11 is 6.18. The summed E-state index contributed by atoms with van der Waals surface area (Å²) in [6.45, 7) is 0. The first-order valence-electron chi connectivity index (χ1n) is 7.38. The summed E-state index contributed by atoms with van der Waals surface area (Å²) in [5.41, 5.74) is 3.05. The lowest BCUT2D eigenvalue weighted by Crippen LogP contribution is -2.20. The van der Waals surface area contributed by atoms with Crippen LogP contribution < -0.4 is 0 Å². The third-order valence-electron chi connectivity index (χ3n) is 5.31. The highest BCUT2D eigenvalue weighted by atomic mass is 35.5. The highest BCUT2D eigenvalue weighted by molar-refractivity contribution is 6.17. The molecule has 4 rings (SSSR count). The SMILES string of the molecule is ClCc1c(C2CCCCC23CC3)noc1C1CC1. The van der Waals surface area contributed by atoms with Crippen molar-refractivity contribution in [2.24, 2.45) is 5.41 Å². The number of aromatic nitrogens is 1. The van der Waals surface area contributed by atoms with Gasteiger partial charge in [0.15, 0.2) is 0 Å². The second-order valence-corrected chi connectivity index (χ2v) is 6.75. The Morgan fingerprint density at radius 1 is 1.17 bits per heavy atom. The van der Waals surface area contributed by atoms with Crippen molar-refractivity contribution in [2.45, 2.75) is 69.1 Å². The van der Waals surface area contributed by atoms with Crippen LogP contribution in [0.3, 0.4) is 0 Å². The lowest BCUT2D eigenvalue weighted by molar-refractivity contribution is 0.268.